The number of aliphatic carboxylic acids is 1. The fourth-order valence-electron chi connectivity index (χ4n) is 3.73. The van der Waals surface area contributed by atoms with E-state index in [1.165, 1.54) is 4.90 Å². The van der Waals surface area contributed by atoms with Crippen LogP contribution in [0.4, 0.5) is 0 Å². The molecular formula is C16H27NO4. The second-order valence-electron chi connectivity index (χ2n) is 7.65. The second kappa shape index (κ2) is 5.95. The van der Waals surface area contributed by atoms with Gasteiger partial charge in [-0.15, -0.1) is 0 Å². The summed E-state index contributed by atoms with van der Waals surface area (Å²) in [4.78, 5) is 25.2. The fourth-order valence-corrected chi connectivity index (χ4v) is 3.73. The lowest BCUT2D eigenvalue weighted by Gasteiger charge is -2.37. The smallest absolute Gasteiger partial charge is 0.326 e. The quantitative estimate of drug-likeness (QED) is 0.816. The van der Waals surface area contributed by atoms with Crippen LogP contribution in [0.2, 0.25) is 0 Å². The number of carboxylic acids is 1. The molecule has 1 aliphatic heterocycles. The number of rotatable bonds is 2. The van der Waals surface area contributed by atoms with Crippen LogP contribution in [0.3, 0.4) is 0 Å². The molecule has 1 aliphatic carbocycles. The van der Waals surface area contributed by atoms with E-state index in [1.807, 2.05) is 0 Å². The summed E-state index contributed by atoms with van der Waals surface area (Å²) in [6, 6.07) is -0.854. The Labute approximate surface area is 126 Å². The first-order chi connectivity index (χ1) is 9.70. The maximum absolute atomic E-state index is 12.6. The van der Waals surface area contributed by atoms with Crippen LogP contribution in [0.25, 0.3) is 0 Å². The topological polar surface area (TPSA) is 77.8 Å². The molecular weight excluding hydrogens is 270 g/mol. The van der Waals surface area contributed by atoms with Crippen LogP contribution in [0.5, 0.6) is 0 Å². The first-order valence-electron chi connectivity index (χ1n) is 7.91. The van der Waals surface area contributed by atoms with Crippen molar-refractivity contribution in [1.82, 2.24) is 4.90 Å². The Morgan fingerprint density at radius 1 is 1.10 bits per heavy atom. The largest absolute Gasteiger partial charge is 0.480 e. The number of nitrogens with zero attached hydrogens (tertiary/aromatic N) is 1. The van der Waals surface area contributed by atoms with Crippen molar-refractivity contribution in [1.29, 1.82) is 0 Å². The minimum absolute atomic E-state index is 0.0734. The molecule has 5 heteroatoms. The third-order valence-electron chi connectivity index (χ3n) is 5.15. The average molecular weight is 297 g/mol. The maximum Gasteiger partial charge on any atom is 0.326 e. The average Bonchev–Trinajstić information content (AvgIpc) is 2.79. The molecule has 2 rings (SSSR count). The Morgan fingerprint density at radius 3 is 2.14 bits per heavy atom. The summed E-state index contributed by atoms with van der Waals surface area (Å²) in [5.74, 6) is -0.536. The van der Waals surface area contributed by atoms with Gasteiger partial charge in [0, 0.05) is 18.9 Å². The van der Waals surface area contributed by atoms with Crippen LogP contribution in [-0.2, 0) is 9.59 Å². The lowest BCUT2D eigenvalue weighted by molar-refractivity contribution is -0.150. The summed E-state index contributed by atoms with van der Waals surface area (Å²) >= 11 is 0. The Balaban J connectivity index is 1.97. The molecule has 0 radical (unpaired) electrons. The lowest BCUT2D eigenvalue weighted by atomic mass is 9.69. The molecule has 120 valence electrons. The van der Waals surface area contributed by atoms with E-state index in [0.717, 1.165) is 25.7 Å². The van der Waals surface area contributed by atoms with E-state index in [4.69, 9.17) is 0 Å². The summed E-state index contributed by atoms with van der Waals surface area (Å²) < 4.78 is 0. The Kier molecular flexibility index (Phi) is 4.61. The fraction of sp³-hybridized carbons (Fsp3) is 0.875. The minimum Gasteiger partial charge on any atom is -0.480 e. The Bertz CT molecular complexity index is 407. The SMILES string of the molecule is CC(C)(C)C1CCC(C(=O)N2C[C@H](O)C[C@H]2C(=O)O)CC1. The number of amides is 1. The summed E-state index contributed by atoms with van der Waals surface area (Å²) in [7, 11) is 0. The third kappa shape index (κ3) is 3.57. The zero-order valence-corrected chi connectivity index (χ0v) is 13.2. The molecule has 2 aliphatic rings. The molecule has 0 bridgehead atoms. The molecule has 0 aromatic rings. The molecule has 1 saturated carbocycles. The number of likely N-dealkylation sites (tertiary alicyclic amines) is 1. The highest BCUT2D eigenvalue weighted by Crippen LogP contribution is 2.40. The molecule has 2 atom stereocenters. The molecule has 1 saturated heterocycles. The van der Waals surface area contributed by atoms with Crippen molar-refractivity contribution in [2.45, 2.75) is 65.0 Å². The number of hydrogen-bond acceptors (Lipinski definition) is 3. The van der Waals surface area contributed by atoms with Crippen molar-refractivity contribution in [3.05, 3.63) is 0 Å². The van der Waals surface area contributed by atoms with Crippen molar-refractivity contribution in [3.63, 3.8) is 0 Å². The van der Waals surface area contributed by atoms with E-state index in [-0.39, 0.29) is 30.2 Å². The molecule has 0 unspecified atom stereocenters. The molecule has 0 aromatic heterocycles. The second-order valence-corrected chi connectivity index (χ2v) is 7.65. The minimum atomic E-state index is -1.01. The maximum atomic E-state index is 12.6. The van der Waals surface area contributed by atoms with E-state index in [1.54, 1.807) is 0 Å². The van der Waals surface area contributed by atoms with E-state index < -0.39 is 18.1 Å². The molecule has 1 heterocycles. The number of carboxylic acid groups (broad SMARTS) is 1. The lowest BCUT2D eigenvalue weighted by Crippen LogP contribution is -2.44. The van der Waals surface area contributed by atoms with Gasteiger partial charge in [-0.2, -0.15) is 0 Å². The number of hydrogen-bond donors (Lipinski definition) is 2. The first-order valence-corrected chi connectivity index (χ1v) is 7.91. The van der Waals surface area contributed by atoms with Crippen LogP contribution >= 0.6 is 0 Å². The molecule has 1 amide bonds. The van der Waals surface area contributed by atoms with Crippen LogP contribution in [-0.4, -0.2) is 45.7 Å². The highest BCUT2D eigenvalue weighted by Gasteiger charge is 2.42. The van der Waals surface area contributed by atoms with Gasteiger partial charge in [0.05, 0.1) is 6.10 Å². The normalized spacial score (nSPS) is 34.0. The van der Waals surface area contributed by atoms with E-state index in [2.05, 4.69) is 20.8 Å². The number of β-amino-alcohol motifs (C(OH)–C–C–N with tert-alkyl or cyclic N) is 1. The van der Waals surface area contributed by atoms with Crippen molar-refractivity contribution in [3.8, 4) is 0 Å². The van der Waals surface area contributed by atoms with Crippen molar-refractivity contribution < 1.29 is 19.8 Å². The van der Waals surface area contributed by atoms with E-state index in [0.29, 0.717) is 5.92 Å². The molecule has 2 fully saturated rings. The number of aliphatic hydroxyl groups is 1. The summed E-state index contributed by atoms with van der Waals surface area (Å²) in [6.45, 7) is 6.86. The van der Waals surface area contributed by atoms with Crippen molar-refractivity contribution in [2.75, 3.05) is 6.54 Å². The molecule has 0 spiro atoms. The Hall–Kier alpha value is -1.10. The van der Waals surface area contributed by atoms with Gasteiger partial charge >= 0.3 is 5.97 Å². The zero-order chi connectivity index (χ0) is 15.8. The zero-order valence-electron chi connectivity index (χ0n) is 13.2. The third-order valence-corrected chi connectivity index (χ3v) is 5.15. The van der Waals surface area contributed by atoms with Crippen molar-refractivity contribution in [2.24, 2.45) is 17.3 Å². The summed E-state index contributed by atoms with van der Waals surface area (Å²) in [5, 5.41) is 18.9. The summed E-state index contributed by atoms with van der Waals surface area (Å²) in [6.07, 6.45) is 3.15. The van der Waals surface area contributed by atoms with Crippen LogP contribution in [0, 0.1) is 17.3 Å². The standard InChI is InChI=1S/C16H27NO4/c1-16(2,3)11-6-4-10(5-7-11)14(19)17-9-12(18)8-13(17)15(20)21/h10-13,18H,4-9H2,1-3H3,(H,20,21)/t10?,11?,12-,13+/m1/s1. The van der Waals surface area contributed by atoms with E-state index >= 15 is 0 Å². The monoisotopic (exact) mass is 297 g/mol. The predicted molar refractivity (Wildman–Crippen MR) is 78.7 cm³/mol. The van der Waals surface area contributed by atoms with Gasteiger partial charge in [0.15, 0.2) is 0 Å². The van der Waals surface area contributed by atoms with Crippen LogP contribution in [0.15, 0.2) is 0 Å². The van der Waals surface area contributed by atoms with Gasteiger partial charge in [-0.1, -0.05) is 20.8 Å². The van der Waals surface area contributed by atoms with Gasteiger partial charge in [0.25, 0.3) is 0 Å². The predicted octanol–water partition coefficient (Wildman–Crippen LogP) is 1.89. The summed E-state index contributed by atoms with van der Waals surface area (Å²) in [5.41, 5.74) is 0.265. The molecule has 2 N–H and O–H groups in total. The highest BCUT2D eigenvalue weighted by molar-refractivity contribution is 5.85. The number of carbonyl (C=O) groups is 2. The van der Waals surface area contributed by atoms with Gasteiger partial charge in [-0.3, -0.25) is 4.79 Å². The van der Waals surface area contributed by atoms with Gasteiger partial charge in [-0.25, -0.2) is 4.79 Å². The van der Waals surface area contributed by atoms with E-state index in [9.17, 15) is 19.8 Å². The molecule has 0 aromatic carbocycles. The van der Waals surface area contributed by atoms with Gasteiger partial charge in [0.1, 0.15) is 6.04 Å². The van der Waals surface area contributed by atoms with Gasteiger partial charge in [0.2, 0.25) is 5.91 Å². The van der Waals surface area contributed by atoms with Crippen LogP contribution in [0.1, 0.15) is 52.9 Å². The highest BCUT2D eigenvalue weighted by atomic mass is 16.4. The number of carbonyl (C=O) groups excluding carboxylic acids is 1. The van der Waals surface area contributed by atoms with Gasteiger partial charge in [-0.05, 0) is 37.0 Å². The van der Waals surface area contributed by atoms with Crippen molar-refractivity contribution >= 4 is 11.9 Å². The van der Waals surface area contributed by atoms with Gasteiger partial charge < -0.3 is 15.1 Å². The number of aliphatic hydroxyl groups excluding tert-OH is 1. The molecule has 21 heavy (non-hydrogen) atoms. The Morgan fingerprint density at radius 2 is 1.67 bits per heavy atom. The molecule has 5 nitrogen and oxygen atoms in total. The van der Waals surface area contributed by atoms with Crippen LogP contribution < -0.4 is 0 Å². The first kappa shape index (κ1) is 16.3.